The van der Waals surface area contributed by atoms with Gasteiger partial charge in [0.1, 0.15) is 0 Å². The number of rotatable bonds is 5. The molecule has 2 heterocycles. The number of guanidine groups is 1. The quantitative estimate of drug-likeness (QED) is 0.378. The number of aliphatic imine (C=N–C) groups is 1. The highest BCUT2D eigenvalue weighted by Crippen LogP contribution is 2.46. The Morgan fingerprint density at radius 3 is 2.44 bits per heavy atom. The minimum atomic E-state index is 0. The van der Waals surface area contributed by atoms with Gasteiger partial charge in [0.05, 0.1) is 0 Å². The molecule has 0 radical (unpaired) electrons. The van der Waals surface area contributed by atoms with Crippen molar-refractivity contribution < 1.29 is 0 Å². The normalized spacial score (nSPS) is 26.2. The number of nitrogens with one attached hydrogen (secondary N) is 1. The maximum absolute atomic E-state index is 5.04. The molecular formula is C20H41IN4. The zero-order valence-electron chi connectivity index (χ0n) is 17.6. The summed E-state index contributed by atoms with van der Waals surface area (Å²) in [7, 11) is 0. The largest absolute Gasteiger partial charge is 0.356 e. The molecule has 0 amide bonds. The van der Waals surface area contributed by atoms with Crippen molar-refractivity contribution in [2.75, 3.05) is 39.3 Å². The van der Waals surface area contributed by atoms with E-state index in [9.17, 15) is 0 Å². The Hall–Kier alpha value is -0.0400. The van der Waals surface area contributed by atoms with Crippen molar-refractivity contribution in [1.82, 2.24) is 15.1 Å². The zero-order valence-corrected chi connectivity index (χ0v) is 19.9. The molecule has 2 saturated heterocycles. The summed E-state index contributed by atoms with van der Waals surface area (Å²) in [5.41, 5.74) is 0.520. The number of hydrogen-bond donors (Lipinski definition) is 1. The first-order chi connectivity index (χ1) is 11.2. The van der Waals surface area contributed by atoms with Gasteiger partial charge in [0.15, 0.2) is 5.96 Å². The van der Waals surface area contributed by atoms with E-state index in [4.69, 9.17) is 4.99 Å². The Morgan fingerprint density at radius 2 is 1.92 bits per heavy atom. The molecular weight excluding hydrogens is 423 g/mol. The number of hydrogen-bond acceptors (Lipinski definition) is 2. The van der Waals surface area contributed by atoms with E-state index >= 15 is 0 Å². The van der Waals surface area contributed by atoms with Crippen LogP contribution in [0.4, 0.5) is 0 Å². The maximum atomic E-state index is 5.04. The van der Waals surface area contributed by atoms with E-state index in [-0.39, 0.29) is 29.5 Å². The molecule has 0 aromatic rings. The third kappa shape index (κ3) is 5.47. The summed E-state index contributed by atoms with van der Waals surface area (Å²) < 4.78 is 0. The average molecular weight is 464 g/mol. The summed E-state index contributed by atoms with van der Waals surface area (Å²) in [5, 5.41) is 3.52. The number of likely N-dealkylation sites (tertiary alicyclic amines) is 2. The maximum Gasteiger partial charge on any atom is 0.194 e. The first-order valence-electron chi connectivity index (χ1n) is 9.95. The van der Waals surface area contributed by atoms with Crippen LogP contribution in [0.2, 0.25) is 0 Å². The van der Waals surface area contributed by atoms with E-state index < -0.39 is 0 Å². The van der Waals surface area contributed by atoms with Gasteiger partial charge in [-0.05, 0) is 52.0 Å². The Morgan fingerprint density at radius 1 is 1.24 bits per heavy atom. The predicted molar refractivity (Wildman–Crippen MR) is 120 cm³/mol. The molecule has 2 rings (SSSR count). The van der Waals surface area contributed by atoms with E-state index in [1.54, 1.807) is 0 Å². The fraction of sp³-hybridized carbons (Fsp3) is 0.950. The van der Waals surface area contributed by atoms with Gasteiger partial charge in [-0.15, -0.1) is 24.0 Å². The third-order valence-corrected chi connectivity index (χ3v) is 6.20. The highest BCUT2D eigenvalue weighted by atomic mass is 127. The molecule has 4 nitrogen and oxygen atoms in total. The van der Waals surface area contributed by atoms with Crippen molar-refractivity contribution in [3.8, 4) is 0 Å². The van der Waals surface area contributed by atoms with Crippen LogP contribution in [0.5, 0.6) is 0 Å². The van der Waals surface area contributed by atoms with Gasteiger partial charge in [0, 0.05) is 43.7 Å². The SMILES string of the molecule is CCNC(=NCC1CCCN(CC(C)C)C1)N1CC(C)(C)C1(C)C.I. The standard InChI is InChI=1S/C20H40N4.HI/c1-8-21-18(24-15-19(4,5)20(24,6)7)22-12-17-10-9-11-23(14-17)13-16(2)3;/h16-17H,8-15H2,1-7H3,(H,21,22);1H. The second-order valence-corrected chi connectivity index (χ2v) is 9.39. The average Bonchev–Trinajstić information content (AvgIpc) is 2.49. The summed E-state index contributed by atoms with van der Waals surface area (Å²) in [5.74, 6) is 2.58. The van der Waals surface area contributed by atoms with E-state index in [0.717, 1.165) is 31.5 Å². The molecule has 2 aliphatic heterocycles. The fourth-order valence-electron chi connectivity index (χ4n) is 3.99. The van der Waals surface area contributed by atoms with Crippen LogP contribution in [0.1, 0.15) is 61.3 Å². The molecule has 0 spiro atoms. The van der Waals surface area contributed by atoms with Crippen molar-refractivity contribution in [1.29, 1.82) is 0 Å². The van der Waals surface area contributed by atoms with Crippen LogP contribution < -0.4 is 5.32 Å². The summed E-state index contributed by atoms with van der Waals surface area (Å²) in [4.78, 5) is 10.1. The third-order valence-electron chi connectivity index (χ3n) is 6.20. The number of halogens is 1. The number of piperidine rings is 1. The first-order valence-corrected chi connectivity index (χ1v) is 9.95. The minimum absolute atomic E-state index is 0. The molecule has 1 atom stereocenters. The molecule has 0 aromatic carbocycles. The van der Waals surface area contributed by atoms with E-state index in [1.807, 2.05) is 0 Å². The topological polar surface area (TPSA) is 30.9 Å². The van der Waals surface area contributed by atoms with Crippen molar-refractivity contribution in [3.05, 3.63) is 0 Å². The molecule has 1 N–H and O–H groups in total. The molecule has 2 aliphatic rings. The molecule has 25 heavy (non-hydrogen) atoms. The second kappa shape index (κ2) is 9.25. The van der Waals surface area contributed by atoms with Gasteiger partial charge in [-0.2, -0.15) is 0 Å². The van der Waals surface area contributed by atoms with Crippen LogP contribution >= 0.6 is 24.0 Å². The van der Waals surface area contributed by atoms with Crippen LogP contribution in [-0.2, 0) is 0 Å². The van der Waals surface area contributed by atoms with Crippen LogP contribution in [0.25, 0.3) is 0 Å². The molecule has 148 valence electrons. The predicted octanol–water partition coefficient (Wildman–Crippen LogP) is 4.06. The molecule has 2 fully saturated rings. The van der Waals surface area contributed by atoms with E-state index in [1.165, 1.54) is 32.5 Å². The molecule has 5 heteroatoms. The zero-order chi connectivity index (χ0) is 18.0. The van der Waals surface area contributed by atoms with Gasteiger partial charge < -0.3 is 15.1 Å². The Kier molecular flexibility index (Phi) is 8.51. The van der Waals surface area contributed by atoms with Gasteiger partial charge in [-0.3, -0.25) is 4.99 Å². The first kappa shape index (κ1) is 23.0. The van der Waals surface area contributed by atoms with Gasteiger partial charge in [-0.1, -0.05) is 27.7 Å². The van der Waals surface area contributed by atoms with Crippen LogP contribution in [0.15, 0.2) is 4.99 Å². The lowest BCUT2D eigenvalue weighted by Gasteiger charge is -2.62. The molecule has 1 unspecified atom stereocenters. The Balaban J connectivity index is 0.00000312. The smallest absolute Gasteiger partial charge is 0.194 e. The minimum Gasteiger partial charge on any atom is -0.356 e. The van der Waals surface area contributed by atoms with E-state index in [0.29, 0.717) is 11.3 Å². The summed E-state index contributed by atoms with van der Waals surface area (Å²) in [6, 6.07) is 0. The van der Waals surface area contributed by atoms with Crippen molar-refractivity contribution in [2.45, 2.75) is 66.8 Å². The Labute approximate surface area is 173 Å². The van der Waals surface area contributed by atoms with Gasteiger partial charge in [-0.25, -0.2) is 0 Å². The molecule has 0 bridgehead atoms. The van der Waals surface area contributed by atoms with Crippen LogP contribution in [-0.4, -0.2) is 60.6 Å². The molecule has 0 aliphatic carbocycles. The van der Waals surface area contributed by atoms with Crippen molar-refractivity contribution in [3.63, 3.8) is 0 Å². The van der Waals surface area contributed by atoms with E-state index in [2.05, 4.69) is 63.6 Å². The monoisotopic (exact) mass is 464 g/mol. The Bertz CT molecular complexity index is 445. The summed E-state index contributed by atoms with van der Waals surface area (Å²) in [6.45, 7) is 22.9. The van der Waals surface area contributed by atoms with Crippen LogP contribution in [0.3, 0.4) is 0 Å². The highest BCUT2D eigenvalue weighted by Gasteiger charge is 2.53. The van der Waals surface area contributed by atoms with Gasteiger partial charge in [0.2, 0.25) is 0 Å². The lowest BCUT2D eigenvalue weighted by atomic mass is 9.65. The summed E-state index contributed by atoms with van der Waals surface area (Å²) in [6.07, 6.45) is 2.65. The van der Waals surface area contributed by atoms with Gasteiger partial charge >= 0.3 is 0 Å². The summed E-state index contributed by atoms with van der Waals surface area (Å²) >= 11 is 0. The molecule has 0 saturated carbocycles. The highest BCUT2D eigenvalue weighted by molar-refractivity contribution is 14.0. The lowest BCUT2D eigenvalue weighted by Crippen LogP contribution is -2.72. The second-order valence-electron chi connectivity index (χ2n) is 9.39. The lowest BCUT2D eigenvalue weighted by molar-refractivity contribution is -0.0668. The molecule has 0 aromatic heterocycles. The van der Waals surface area contributed by atoms with Gasteiger partial charge in [0.25, 0.3) is 0 Å². The fourth-order valence-corrected chi connectivity index (χ4v) is 3.99. The van der Waals surface area contributed by atoms with Crippen molar-refractivity contribution in [2.24, 2.45) is 22.2 Å². The van der Waals surface area contributed by atoms with Crippen molar-refractivity contribution >= 4 is 29.9 Å². The van der Waals surface area contributed by atoms with Crippen LogP contribution in [0, 0.1) is 17.3 Å². The number of nitrogens with zero attached hydrogens (tertiary/aromatic N) is 3.